The molecular formula is C20H15NO3. The monoisotopic (exact) mass is 317 g/mol. The molecule has 0 bridgehead atoms. The molecule has 0 amide bonds. The Bertz CT molecular complexity index is 1060. The van der Waals surface area contributed by atoms with Gasteiger partial charge in [-0.05, 0) is 24.3 Å². The second-order valence-electron chi connectivity index (χ2n) is 5.62. The molecule has 4 rings (SSSR count). The van der Waals surface area contributed by atoms with E-state index >= 15 is 0 Å². The lowest BCUT2D eigenvalue weighted by molar-refractivity contribution is 0.463. The molecule has 4 nitrogen and oxygen atoms in total. The Labute approximate surface area is 138 Å². The molecular weight excluding hydrogens is 302 g/mol. The Morgan fingerprint density at radius 3 is 1.83 bits per heavy atom. The second-order valence-corrected chi connectivity index (χ2v) is 5.62. The van der Waals surface area contributed by atoms with Gasteiger partial charge in [0.25, 0.3) is 0 Å². The Morgan fingerprint density at radius 2 is 1.17 bits per heavy atom. The molecule has 118 valence electrons. The Hall–Kier alpha value is -3.40. The van der Waals surface area contributed by atoms with Gasteiger partial charge in [0.1, 0.15) is 17.2 Å². The summed E-state index contributed by atoms with van der Waals surface area (Å²) in [5, 5.41) is 36.5. The predicted molar refractivity (Wildman–Crippen MR) is 96.2 cm³/mol. The van der Waals surface area contributed by atoms with Crippen molar-refractivity contribution in [1.82, 2.24) is 0 Å². The van der Waals surface area contributed by atoms with E-state index in [4.69, 9.17) is 0 Å². The molecule has 0 aliphatic carbocycles. The average molecular weight is 317 g/mol. The van der Waals surface area contributed by atoms with Crippen LogP contribution in [-0.4, -0.2) is 15.3 Å². The number of anilines is 2. The number of phenols is 3. The molecule has 0 heterocycles. The van der Waals surface area contributed by atoms with E-state index in [1.165, 1.54) is 6.07 Å². The minimum Gasteiger partial charge on any atom is -0.507 e. The first-order valence-corrected chi connectivity index (χ1v) is 7.57. The lowest BCUT2D eigenvalue weighted by atomic mass is 9.98. The van der Waals surface area contributed by atoms with Crippen molar-refractivity contribution in [2.75, 3.05) is 5.32 Å². The van der Waals surface area contributed by atoms with Gasteiger partial charge in [-0.3, -0.25) is 0 Å². The normalized spacial score (nSPS) is 11.0. The SMILES string of the molecule is Oc1ccc(Nc2ccccc2)c2c(O)c3ccccc3c(O)c12. The summed E-state index contributed by atoms with van der Waals surface area (Å²) in [5.74, 6) is -0.109. The van der Waals surface area contributed by atoms with Crippen molar-refractivity contribution in [3.63, 3.8) is 0 Å². The molecule has 0 saturated carbocycles. The number of hydrogen-bond acceptors (Lipinski definition) is 4. The van der Waals surface area contributed by atoms with Crippen LogP contribution in [-0.2, 0) is 0 Å². The highest BCUT2D eigenvalue weighted by Crippen LogP contribution is 2.48. The van der Waals surface area contributed by atoms with Crippen LogP contribution in [0.4, 0.5) is 11.4 Å². The summed E-state index contributed by atoms with van der Waals surface area (Å²) in [6, 6.07) is 19.7. The van der Waals surface area contributed by atoms with Gasteiger partial charge < -0.3 is 20.6 Å². The molecule has 0 saturated heterocycles. The predicted octanol–water partition coefficient (Wildman–Crippen LogP) is 4.85. The number of para-hydroxylation sites is 1. The quantitative estimate of drug-likeness (QED) is 0.315. The van der Waals surface area contributed by atoms with E-state index in [0.717, 1.165) is 5.69 Å². The summed E-state index contributed by atoms with van der Waals surface area (Å²) in [7, 11) is 0. The zero-order valence-corrected chi connectivity index (χ0v) is 12.7. The fraction of sp³-hybridized carbons (Fsp3) is 0. The molecule has 0 fully saturated rings. The number of benzene rings is 4. The molecule has 0 atom stereocenters. The Balaban J connectivity index is 2.07. The zero-order chi connectivity index (χ0) is 16.7. The molecule has 0 radical (unpaired) electrons. The van der Waals surface area contributed by atoms with Crippen LogP contribution in [0.25, 0.3) is 21.5 Å². The fourth-order valence-corrected chi connectivity index (χ4v) is 3.02. The molecule has 0 aromatic heterocycles. The van der Waals surface area contributed by atoms with E-state index in [9.17, 15) is 15.3 Å². The van der Waals surface area contributed by atoms with Gasteiger partial charge in [-0.1, -0.05) is 42.5 Å². The van der Waals surface area contributed by atoms with Crippen molar-refractivity contribution in [3.05, 3.63) is 66.7 Å². The number of phenolic OH excluding ortho intramolecular Hbond substituents is 3. The van der Waals surface area contributed by atoms with Gasteiger partial charge in [-0.2, -0.15) is 0 Å². The molecule has 0 aliphatic heterocycles. The first-order chi connectivity index (χ1) is 11.7. The largest absolute Gasteiger partial charge is 0.507 e. The maximum atomic E-state index is 10.8. The third-order valence-corrected chi connectivity index (χ3v) is 4.15. The van der Waals surface area contributed by atoms with Gasteiger partial charge in [0.05, 0.1) is 16.5 Å². The summed E-state index contributed by atoms with van der Waals surface area (Å²) >= 11 is 0. The van der Waals surface area contributed by atoms with Gasteiger partial charge in [-0.25, -0.2) is 0 Å². The first kappa shape index (κ1) is 14.2. The molecule has 0 aliphatic rings. The molecule has 0 spiro atoms. The first-order valence-electron chi connectivity index (χ1n) is 7.57. The maximum Gasteiger partial charge on any atom is 0.135 e. The summed E-state index contributed by atoms with van der Waals surface area (Å²) in [6.07, 6.45) is 0. The van der Waals surface area contributed by atoms with E-state index in [0.29, 0.717) is 21.8 Å². The van der Waals surface area contributed by atoms with Crippen molar-refractivity contribution < 1.29 is 15.3 Å². The number of fused-ring (bicyclic) bond motifs is 2. The smallest absolute Gasteiger partial charge is 0.135 e. The molecule has 4 N–H and O–H groups in total. The van der Waals surface area contributed by atoms with Crippen LogP contribution in [0.2, 0.25) is 0 Å². The highest BCUT2D eigenvalue weighted by molar-refractivity contribution is 6.16. The highest BCUT2D eigenvalue weighted by atomic mass is 16.3. The standard InChI is InChI=1S/C20H15NO3/c22-16-11-10-15(21-12-6-2-1-3-7-12)17-18(16)20(24)14-9-5-4-8-13(14)19(17)23/h1-11,21-24H. The molecule has 4 heteroatoms. The topological polar surface area (TPSA) is 72.7 Å². The van der Waals surface area contributed by atoms with E-state index < -0.39 is 0 Å². The summed E-state index contributed by atoms with van der Waals surface area (Å²) in [5.41, 5.74) is 1.45. The minimum atomic E-state index is -0.0813. The molecule has 24 heavy (non-hydrogen) atoms. The molecule has 4 aromatic rings. The third kappa shape index (κ3) is 2.08. The summed E-state index contributed by atoms with van der Waals surface area (Å²) < 4.78 is 0. The number of rotatable bonds is 2. The minimum absolute atomic E-state index is 0.0210. The van der Waals surface area contributed by atoms with Crippen LogP contribution >= 0.6 is 0 Å². The van der Waals surface area contributed by atoms with Crippen LogP contribution in [0.15, 0.2) is 66.7 Å². The van der Waals surface area contributed by atoms with Gasteiger partial charge in [0, 0.05) is 16.5 Å². The lowest BCUT2D eigenvalue weighted by Gasteiger charge is -2.15. The van der Waals surface area contributed by atoms with Gasteiger partial charge >= 0.3 is 0 Å². The van der Waals surface area contributed by atoms with Crippen molar-refractivity contribution in [1.29, 1.82) is 0 Å². The highest BCUT2D eigenvalue weighted by Gasteiger charge is 2.18. The van der Waals surface area contributed by atoms with Gasteiger partial charge in [0.2, 0.25) is 0 Å². The zero-order valence-electron chi connectivity index (χ0n) is 12.7. The number of aromatic hydroxyl groups is 3. The molecule has 4 aromatic carbocycles. The second kappa shape index (κ2) is 5.35. The maximum absolute atomic E-state index is 10.8. The van der Waals surface area contributed by atoms with E-state index in [-0.39, 0.29) is 22.6 Å². The Morgan fingerprint density at radius 1 is 0.583 bits per heavy atom. The van der Waals surface area contributed by atoms with Crippen molar-refractivity contribution in [2.45, 2.75) is 0 Å². The molecule has 0 unspecified atom stereocenters. The van der Waals surface area contributed by atoms with E-state index in [1.807, 2.05) is 30.3 Å². The number of nitrogens with one attached hydrogen (secondary N) is 1. The average Bonchev–Trinajstić information content (AvgIpc) is 2.62. The number of hydrogen-bond donors (Lipinski definition) is 4. The Kier molecular flexibility index (Phi) is 3.17. The van der Waals surface area contributed by atoms with Crippen LogP contribution in [0.1, 0.15) is 0 Å². The van der Waals surface area contributed by atoms with Gasteiger partial charge in [-0.15, -0.1) is 0 Å². The summed E-state index contributed by atoms with van der Waals surface area (Å²) in [4.78, 5) is 0. The van der Waals surface area contributed by atoms with Crippen molar-refractivity contribution in [2.24, 2.45) is 0 Å². The lowest BCUT2D eigenvalue weighted by Crippen LogP contribution is -1.92. The fourth-order valence-electron chi connectivity index (χ4n) is 3.02. The van der Waals surface area contributed by atoms with E-state index in [1.54, 1.807) is 30.3 Å². The third-order valence-electron chi connectivity index (χ3n) is 4.15. The van der Waals surface area contributed by atoms with Crippen LogP contribution in [0.3, 0.4) is 0 Å². The van der Waals surface area contributed by atoms with Crippen LogP contribution in [0.5, 0.6) is 17.2 Å². The van der Waals surface area contributed by atoms with Gasteiger partial charge in [0.15, 0.2) is 0 Å². The van der Waals surface area contributed by atoms with Crippen LogP contribution < -0.4 is 5.32 Å². The van der Waals surface area contributed by atoms with Crippen molar-refractivity contribution in [3.8, 4) is 17.2 Å². The van der Waals surface area contributed by atoms with E-state index in [2.05, 4.69) is 5.32 Å². The van der Waals surface area contributed by atoms with Crippen LogP contribution in [0, 0.1) is 0 Å². The summed E-state index contributed by atoms with van der Waals surface area (Å²) in [6.45, 7) is 0. The van der Waals surface area contributed by atoms with Crippen molar-refractivity contribution >= 4 is 32.9 Å².